The van der Waals surface area contributed by atoms with Crippen LogP contribution in [0.4, 0.5) is 0 Å². The third kappa shape index (κ3) is 4.59. The maximum Gasteiger partial charge on any atom is 0.0535 e. The predicted octanol–water partition coefficient (Wildman–Crippen LogP) is 16.8. The average molecular weight is 769 g/mol. The smallest absolute Gasteiger partial charge is 0.0535 e. The molecule has 6 aromatic heterocycles. The van der Waals surface area contributed by atoms with Crippen molar-refractivity contribution in [3.8, 4) is 41.8 Å². The molecule has 0 fully saturated rings. The second kappa shape index (κ2) is 11.4. The molecule has 244 valence electrons. The van der Waals surface area contributed by atoms with Crippen LogP contribution < -0.4 is 0 Å². The van der Waals surface area contributed by atoms with Gasteiger partial charge in [-0.15, -0.1) is 68.0 Å². The van der Waals surface area contributed by atoms with E-state index in [9.17, 15) is 0 Å². The summed E-state index contributed by atoms with van der Waals surface area (Å²) in [5.41, 5.74) is 5.14. The van der Waals surface area contributed by atoms with Crippen molar-refractivity contribution in [3.05, 3.63) is 146 Å². The zero-order chi connectivity index (χ0) is 33.9. The first-order valence-electron chi connectivity index (χ1n) is 17.1. The summed E-state index contributed by atoms with van der Waals surface area (Å²) in [6, 6.07) is 54.6. The molecule has 12 rings (SSSR count). The molecule has 6 heterocycles. The van der Waals surface area contributed by atoms with Gasteiger partial charge < -0.3 is 0 Å². The Hall–Kier alpha value is -4.66. The molecule has 0 atom stereocenters. The van der Waals surface area contributed by atoms with Crippen molar-refractivity contribution in [2.75, 3.05) is 0 Å². The molecular weight excluding hydrogens is 745 g/mol. The van der Waals surface area contributed by atoms with E-state index in [1.165, 1.54) is 112 Å². The van der Waals surface area contributed by atoms with Crippen molar-refractivity contribution >= 4 is 138 Å². The fourth-order valence-corrected chi connectivity index (χ4v) is 15.0. The molecule has 12 aromatic rings. The van der Waals surface area contributed by atoms with E-state index in [1.807, 2.05) is 68.0 Å². The molecule has 0 radical (unpaired) electrons. The minimum atomic E-state index is 1.28. The number of hydrogen-bond donors (Lipinski definition) is 0. The molecule has 0 aliphatic heterocycles. The molecule has 6 heteroatoms. The molecule has 0 aliphatic rings. The molecule has 0 aliphatic carbocycles. The van der Waals surface area contributed by atoms with E-state index in [0.29, 0.717) is 0 Å². The predicted molar refractivity (Wildman–Crippen MR) is 238 cm³/mol. The summed E-state index contributed by atoms with van der Waals surface area (Å²) in [7, 11) is 0. The molecule has 0 nitrogen and oxygen atoms in total. The van der Waals surface area contributed by atoms with Crippen LogP contribution >= 0.6 is 68.0 Å². The van der Waals surface area contributed by atoms with E-state index in [0.717, 1.165) is 0 Å². The van der Waals surface area contributed by atoms with Crippen LogP contribution in [0.1, 0.15) is 0 Å². The number of thiophene rings is 6. The van der Waals surface area contributed by atoms with Gasteiger partial charge in [0.2, 0.25) is 0 Å². The fraction of sp³-hybridized carbons (Fsp3) is 0. The molecule has 0 unspecified atom stereocenters. The molecule has 0 spiro atoms. The van der Waals surface area contributed by atoms with Gasteiger partial charge in [0.05, 0.1) is 9.40 Å². The minimum Gasteiger partial charge on any atom is -0.135 e. The van der Waals surface area contributed by atoms with Crippen LogP contribution in [0.5, 0.6) is 0 Å². The van der Waals surface area contributed by atoms with Gasteiger partial charge in [0, 0.05) is 69.3 Å². The van der Waals surface area contributed by atoms with E-state index in [2.05, 4.69) is 146 Å². The summed E-state index contributed by atoms with van der Waals surface area (Å²) in [6.07, 6.45) is 0. The fourth-order valence-electron chi connectivity index (χ4n) is 7.57. The molecule has 0 N–H and O–H groups in total. The highest BCUT2D eigenvalue weighted by Gasteiger charge is 2.15. The van der Waals surface area contributed by atoms with Gasteiger partial charge in [-0.3, -0.25) is 0 Å². The average Bonchev–Trinajstić information content (AvgIpc) is 4.03. The van der Waals surface area contributed by atoms with Crippen LogP contribution in [0.25, 0.3) is 112 Å². The van der Waals surface area contributed by atoms with Gasteiger partial charge in [0.15, 0.2) is 0 Å². The number of rotatable bonds is 4. The normalized spacial score (nSPS) is 12.2. The summed E-state index contributed by atoms with van der Waals surface area (Å²) in [4.78, 5) is 5.32. The highest BCUT2D eigenvalue weighted by Crippen LogP contribution is 2.47. The molecule has 52 heavy (non-hydrogen) atoms. The highest BCUT2D eigenvalue weighted by molar-refractivity contribution is 7.34. The van der Waals surface area contributed by atoms with Crippen molar-refractivity contribution < 1.29 is 0 Å². The molecule has 0 saturated carbocycles. The summed E-state index contributed by atoms with van der Waals surface area (Å²) in [6.45, 7) is 0. The zero-order valence-corrected chi connectivity index (χ0v) is 32.2. The lowest BCUT2D eigenvalue weighted by molar-refractivity contribution is 1.69. The summed E-state index contributed by atoms with van der Waals surface area (Å²) in [5, 5.41) is 8.07. The van der Waals surface area contributed by atoms with Crippen LogP contribution in [-0.2, 0) is 0 Å². The van der Waals surface area contributed by atoms with Gasteiger partial charge >= 0.3 is 0 Å². The van der Waals surface area contributed by atoms with Crippen molar-refractivity contribution in [2.24, 2.45) is 0 Å². The lowest BCUT2D eigenvalue weighted by Gasteiger charge is -2.01. The van der Waals surface area contributed by atoms with Crippen LogP contribution in [0.3, 0.4) is 0 Å². The van der Waals surface area contributed by atoms with Gasteiger partial charge in [0.25, 0.3) is 0 Å². The number of benzene rings is 6. The van der Waals surface area contributed by atoms with E-state index in [4.69, 9.17) is 0 Å². The second-order valence-electron chi connectivity index (χ2n) is 13.2. The van der Waals surface area contributed by atoms with Gasteiger partial charge in [-0.1, -0.05) is 109 Å². The SMILES string of the molecule is c1ccc2c(c1)sc1cc(-c3ccc(-c4cc5ccc6c(ccc7cc(-c8ccc(-c9cc%10sc%11ccccc%11c%10s9)cc8)sc76)c5s4)cc3)sc12. The van der Waals surface area contributed by atoms with Gasteiger partial charge in [-0.25, -0.2) is 0 Å². The standard InChI is InChI=1S/C46H24S6/c1-3-7-35-33(5-1)45-41(47-35)23-39(51-45)27-13-9-25(10-14-27)37-21-29-17-19-32-31(43(29)49-37)20-18-30-22-38(50-44(30)32)26-11-15-28(16-12-26)40-24-42-46(52-40)34-6-2-4-8-36(34)48-42/h1-24H. The van der Waals surface area contributed by atoms with Gasteiger partial charge in [-0.2, -0.15) is 0 Å². The van der Waals surface area contributed by atoms with E-state index >= 15 is 0 Å². The first kappa shape index (κ1) is 29.9. The van der Waals surface area contributed by atoms with Crippen LogP contribution in [0.2, 0.25) is 0 Å². The summed E-state index contributed by atoms with van der Waals surface area (Å²) < 4.78 is 11.1. The lowest BCUT2D eigenvalue weighted by Crippen LogP contribution is -1.74. The Morgan fingerprint density at radius 3 is 1.04 bits per heavy atom. The van der Waals surface area contributed by atoms with Crippen molar-refractivity contribution in [2.45, 2.75) is 0 Å². The molecule has 6 aromatic carbocycles. The number of hydrogen-bond acceptors (Lipinski definition) is 6. The largest absolute Gasteiger partial charge is 0.135 e. The Kier molecular flexibility index (Phi) is 6.56. The Morgan fingerprint density at radius 1 is 0.250 bits per heavy atom. The maximum atomic E-state index is 2.37. The molecular formula is C46H24S6. The van der Waals surface area contributed by atoms with Gasteiger partial charge in [-0.05, 0) is 69.4 Å². The van der Waals surface area contributed by atoms with E-state index < -0.39 is 0 Å². The zero-order valence-electron chi connectivity index (χ0n) is 27.3. The quantitative estimate of drug-likeness (QED) is 0.167. The van der Waals surface area contributed by atoms with Crippen molar-refractivity contribution in [3.63, 3.8) is 0 Å². The van der Waals surface area contributed by atoms with Gasteiger partial charge in [0.1, 0.15) is 0 Å². The Morgan fingerprint density at radius 2 is 0.615 bits per heavy atom. The molecule has 0 amide bonds. The van der Waals surface area contributed by atoms with Crippen LogP contribution in [0, 0.1) is 0 Å². The van der Waals surface area contributed by atoms with E-state index in [1.54, 1.807) is 0 Å². The Labute approximate surface area is 322 Å². The minimum absolute atomic E-state index is 1.28. The maximum absolute atomic E-state index is 2.37. The summed E-state index contributed by atoms with van der Waals surface area (Å²) in [5.74, 6) is 0. The van der Waals surface area contributed by atoms with E-state index in [-0.39, 0.29) is 0 Å². The Balaban J connectivity index is 0.856. The monoisotopic (exact) mass is 768 g/mol. The molecule has 0 bridgehead atoms. The second-order valence-corrected chi connectivity index (χ2v) is 19.6. The Bertz CT molecular complexity index is 3110. The van der Waals surface area contributed by atoms with Crippen molar-refractivity contribution in [1.82, 2.24) is 0 Å². The molecule has 0 saturated heterocycles. The number of fused-ring (bicyclic) bond motifs is 11. The van der Waals surface area contributed by atoms with Crippen LogP contribution in [0.15, 0.2) is 146 Å². The topological polar surface area (TPSA) is 0 Å². The highest BCUT2D eigenvalue weighted by atomic mass is 32.1. The van der Waals surface area contributed by atoms with Crippen molar-refractivity contribution in [1.29, 1.82) is 0 Å². The summed E-state index contributed by atoms with van der Waals surface area (Å²) >= 11 is 11.4. The van der Waals surface area contributed by atoms with Crippen LogP contribution in [-0.4, -0.2) is 0 Å². The first-order valence-corrected chi connectivity index (χ1v) is 22.0. The third-order valence-electron chi connectivity index (χ3n) is 10.2. The third-order valence-corrected chi connectivity index (χ3v) is 17.6. The first-order chi connectivity index (χ1) is 25.7. The lowest BCUT2D eigenvalue weighted by atomic mass is 10.0.